The Bertz CT molecular complexity index is 3160. The maximum Gasteiger partial charge on any atom is 0.257 e. The van der Waals surface area contributed by atoms with Crippen LogP contribution < -0.4 is 25.2 Å². The van der Waals surface area contributed by atoms with Gasteiger partial charge in [0.1, 0.15) is 17.3 Å². The summed E-state index contributed by atoms with van der Waals surface area (Å²) in [5, 5.41) is 33.2. The molecule has 3 aromatic heterocycles. The zero-order chi connectivity index (χ0) is 50.2. The van der Waals surface area contributed by atoms with E-state index in [1.165, 1.54) is 36.3 Å². The summed E-state index contributed by atoms with van der Waals surface area (Å²) in [6, 6.07) is 29.9. The minimum Gasteiger partial charge on any atom is -0.490 e. The zero-order valence-electron chi connectivity index (χ0n) is 41.6. The number of fused-ring (bicyclic) bond motifs is 3. The van der Waals surface area contributed by atoms with Crippen molar-refractivity contribution in [2.24, 2.45) is 13.0 Å². The van der Waals surface area contributed by atoms with Crippen LogP contribution in [-0.2, 0) is 29.6 Å². The monoisotopic (exact) mass is 1000 g/mol. The Hall–Kier alpha value is -6.72. The lowest BCUT2D eigenvalue weighted by molar-refractivity contribution is -0.134. The molecule has 4 aromatic carbocycles. The van der Waals surface area contributed by atoms with E-state index in [-0.39, 0.29) is 29.5 Å². The molecule has 7 aromatic rings. The maximum atomic E-state index is 13.7. The highest BCUT2D eigenvalue weighted by Crippen LogP contribution is 2.39. The fourth-order valence-electron chi connectivity index (χ4n) is 11.6. The van der Waals surface area contributed by atoms with Gasteiger partial charge in [-0.15, -0.1) is 0 Å². The number of imide groups is 1. The van der Waals surface area contributed by atoms with E-state index in [1.807, 2.05) is 85.4 Å². The zero-order valence-corrected chi connectivity index (χ0v) is 42.4. The van der Waals surface area contributed by atoms with E-state index >= 15 is 0 Å². The highest BCUT2D eigenvalue weighted by molar-refractivity contribution is 7.22. The molecule has 3 amide bonds. The number of carbonyl (C=O) groups is 3. The molecule has 4 aliphatic rings. The average Bonchev–Trinajstić information content (AvgIpc) is 3.97. The lowest BCUT2D eigenvalue weighted by Gasteiger charge is -2.36. The molecule has 3 fully saturated rings. The summed E-state index contributed by atoms with van der Waals surface area (Å²) in [4.78, 5) is 54.6. The number of hydrogen-bond donors (Lipinski definition) is 4. The molecule has 0 radical (unpaired) electrons. The van der Waals surface area contributed by atoms with Gasteiger partial charge in [-0.05, 0) is 141 Å². The van der Waals surface area contributed by atoms with Crippen molar-refractivity contribution in [1.29, 1.82) is 0 Å². The molecule has 378 valence electrons. The third-order valence-corrected chi connectivity index (χ3v) is 16.6. The van der Waals surface area contributed by atoms with Gasteiger partial charge in [-0.25, -0.2) is 9.97 Å². The van der Waals surface area contributed by atoms with Crippen molar-refractivity contribution in [3.05, 3.63) is 125 Å². The van der Waals surface area contributed by atoms with Crippen molar-refractivity contribution in [1.82, 2.24) is 30.0 Å². The number of piperidine rings is 1. The second-order valence-corrected chi connectivity index (χ2v) is 21.3. The van der Waals surface area contributed by atoms with Gasteiger partial charge in [0.15, 0.2) is 11.4 Å². The Morgan fingerprint density at radius 3 is 2.48 bits per heavy atom. The second-order valence-electron chi connectivity index (χ2n) is 20.3. The molecule has 11 rings (SSSR count). The van der Waals surface area contributed by atoms with E-state index in [1.54, 1.807) is 0 Å². The number of nitrogens with one attached hydrogen (secondary N) is 2. The third kappa shape index (κ3) is 10.3. The van der Waals surface area contributed by atoms with E-state index in [9.17, 15) is 24.6 Å². The van der Waals surface area contributed by atoms with Gasteiger partial charge in [-0.3, -0.25) is 34.6 Å². The number of thiazole rings is 1. The first-order valence-corrected chi connectivity index (χ1v) is 26.8. The lowest BCUT2D eigenvalue weighted by Crippen LogP contribution is -2.46. The highest BCUT2D eigenvalue weighted by Gasteiger charge is 2.32. The Morgan fingerprint density at radius 2 is 1.67 bits per heavy atom. The predicted octanol–water partition coefficient (Wildman–Crippen LogP) is 8.80. The topological polar surface area (TPSA) is 178 Å². The largest absolute Gasteiger partial charge is 0.490 e. The number of aryl methyl sites for hydroxylation is 1. The first-order valence-electron chi connectivity index (χ1n) is 26.0. The molecule has 1 aliphatic carbocycles. The number of pyridine rings is 1. The SMILES string of the molecule is Cc1c(OC2CCC(CCCCN3CCN(c4ccc5c(C6CCC(=O)NC6=O)nn(C)c5c4)CC3)CC2)cccc1-c1ccc(N2CCc3cccc(C(=O)Nc4nc5ccccc5s4)c3C2)nc1C(O)O. The van der Waals surface area contributed by atoms with Gasteiger partial charge in [-0.2, -0.15) is 5.10 Å². The minimum absolute atomic E-state index is 0.131. The van der Waals surface area contributed by atoms with Crippen molar-refractivity contribution >= 4 is 66.8 Å². The molecule has 6 heterocycles. The molecule has 1 atom stereocenters. The Balaban J connectivity index is 0.648. The number of aliphatic hydroxyl groups is 2. The number of unbranched alkanes of at least 4 members (excludes halogenated alkanes) is 1. The van der Waals surface area contributed by atoms with Crippen molar-refractivity contribution in [3.8, 4) is 16.9 Å². The average molecular weight is 1000 g/mol. The van der Waals surface area contributed by atoms with Crippen LogP contribution in [0.2, 0.25) is 0 Å². The van der Waals surface area contributed by atoms with E-state index in [2.05, 4.69) is 54.6 Å². The number of aromatic nitrogens is 4. The fourth-order valence-corrected chi connectivity index (χ4v) is 12.4. The van der Waals surface area contributed by atoms with Crippen LogP contribution in [-0.4, -0.2) is 98.0 Å². The molecule has 1 unspecified atom stereocenters. The van der Waals surface area contributed by atoms with Crippen LogP contribution in [0.1, 0.15) is 108 Å². The van der Waals surface area contributed by atoms with E-state index in [0.29, 0.717) is 60.3 Å². The van der Waals surface area contributed by atoms with E-state index < -0.39 is 12.2 Å². The maximum absolute atomic E-state index is 13.7. The molecule has 2 saturated heterocycles. The number of anilines is 3. The van der Waals surface area contributed by atoms with Crippen molar-refractivity contribution in [2.45, 2.75) is 96.0 Å². The molecule has 15 nitrogen and oxygen atoms in total. The van der Waals surface area contributed by atoms with Crippen LogP contribution in [0.25, 0.3) is 32.2 Å². The summed E-state index contributed by atoms with van der Waals surface area (Å²) in [5.41, 5.74) is 9.00. The molecule has 4 N–H and O–H groups in total. The van der Waals surface area contributed by atoms with Gasteiger partial charge in [0, 0.05) is 74.9 Å². The van der Waals surface area contributed by atoms with Crippen LogP contribution in [0.3, 0.4) is 0 Å². The van der Waals surface area contributed by atoms with Crippen molar-refractivity contribution in [3.63, 3.8) is 0 Å². The first kappa shape index (κ1) is 48.5. The van der Waals surface area contributed by atoms with E-state index in [0.717, 1.165) is 113 Å². The van der Waals surface area contributed by atoms with Crippen LogP contribution in [0.4, 0.5) is 16.6 Å². The third-order valence-electron chi connectivity index (χ3n) is 15.7. The highest BCUT2D eigenvalue weighted by atomic mass is 32.1. The van der Waals surface area contributed by atoms with Gasteiger partial charge in [0.25, 0.3) is 5.91 Å². The van der Waals surface area contributed by atoms with Crippen molar-refractivity contribution in [2.75, 3.05) is 54.4 Å². The summed E-state index contributed by atoms with van der Waals surface area (Å²) in [7, 11) is 1.92. The molecule has 1 saturated carbocycles. The van der Waals surface area contributed by atoms with E-state index in [4.69, 9.17) is 14.8 Å². The number of hydrogen-bond acceptors (Lipinski definition) is 13. The molecule has 73 heavy (non-hydrogen) atoms. The van der Waals surface area contributed by atoms with Crippen LogP contribution in [0.15, 0.2) is 91.0 Å². The quantitative estimate of drug-likeness (QED) is 0.0463. The lowest BCUT2D eigenvalue weighted by atomic mass is 9.84. The van der Waals surface area contributed by atoms with Gasteiger partial charge >= 0.3 is 0 Å². The van der Waals surface area contributed by atoms with Gasteiger partial charge in [0.2, 0.25) is 11.8 Å². The van der Waals surface area contributed by atoms with Gasteiger partial charge in [-0.1, -0.05) is 60.6 Å². The number of rotatable bonds is 14. The van der Waals surface area contributed by atoms with Crippen LogP contribution in [0.5, 0.6) is 5.75 Å². The summed E-state index contributed by atoms with van der Waals surface area (Å²) < 4.78 is 9.58. The molecule has 16 heteroatoms. The van der Waals surface area contributed by atoms with Crippen LogP contribution >= 0.6 is 11.3 Å². The number of aliphatic hydroxyl groups excluding tert-OH is 1. The smallest absolute Gasteiger partial charge is 0.257 e. The standard InChI is InChI=1S/C57H63N9O6S/c1-35-40(41-22-24-50(59-53(41)56(70)71)66-28-26-37-10-7-12-42(45(37)34-66)54(68)61-57-58-46-13-3-4-15-49(46)73-57)11-8-14-48(35)72-39-19-16-36(17-20-39)9-5-6-27-64-29-31-65(32-30-64)38-18-21-43-47(33-38)63(2)62-52(43)44-23-25-51(67)60-55(44)69/h3-4,7-8,10-15,18,21-22,24,33,36,39,44,56,70-71H,5-6,9,16-17,19-20,23,25-32,34H2,1-2H3,(H,58,61,68)(H,60,67,69). The summed E-state index contributed by atoms with van der Waals surface area (Å²) in [5.74, 6) is 1.05. The number of piperazine rings is 1. The number of nitrogens with zero attached hydrogens (tertiary/aromatic N) is 7. The number of amides is 3. The van der Waals surface area contributed by atoms with Crippen LogP contribution in [0, 0.1) is 12.8 Å². The Morgan fingerprint density at radius 1 is 0.849 bits per heavy atom. The Labute approximate surface area is 429 Å². The molecule has 0 bridgehead atoms. The number of benzene rings is 4. The summed E-state index contributed by atoms with van der Waals surface area (Å²) in [6.45, 7) is 8.26. The van der Waals surface area contributed by atoms with Gasteiger partial charge in [0.05, 0.1) is 33.4 Å². The minimum atomic E-state index is -1.79. The Kier molecular flexibility index (Phi) is 14.0. The fraction of sp³-hybridized carbons (Fsp3) is 0.404. The summed E-state index contributed by atoms with van der Waals surface area (Å²) >= 11 is 1.45. The second kappa shape index (κ2) is 21.0. The van der Waals surface area contributed by atoms with Crippen molar-refractivity contribution < 1.29 is 29.3 Å². The normalized spacial score (nSPS) is 19.7. The number of para-hydroxylation sites is 1. The molecule has 3 aliphatic heterocycles. The molecule has 0 spiro atoms. The first-order chi connectivity index (χ1) is 35.5. The number of ether oxygens (including phenoxy) is 1. The summed E-state index contributed by atoms with van der Waals surface area (Å²) in [6.07, 6.45) is 7.88. The molecular formula is C57H63N9O6S. The van der Waals surface area contributed by atoms with Gasteiger partial charge < -0.3 is 24.7 Å². The number of carbonyl (C=O) groups excluding carboxylic acids is 3. The predicted molar refractivity (Wildman–Crippen MR) is 285 cm³/mol. The molecular weight excluding hydrogens is 939 g/mol.